The maximum Gasteiger partial charge on any atom is 0.323 e. The molecule has 142 valence electrons. The van der Waals surface area contributed by atoms with Gasteiger partial charge in [0, 0.05) is 28.4 Å². The van der Waals surface area contributed by atoms with Gasteiger partial charge in [-0.25, -0.2) is 4.79 Å². The second-order valence-electron chi connectivity index (χ2n) is 6.67. The number of hydrogen-bond donors (Lipinski definition) is 3. The molecule has 0 atom stereocenters. The molecule has 3 aromatic rings. The summed E-state index contributed by atoms with van der Waals surface area (Å²) in [5.41, 5.74) is 2.60. The third kappa shape index (κ3) is 3.51. The lowest BCUT2D eigenvalue weighted by Crippen LogP contribution is -2.20. The monoisotopic (exact) mass is 414 g/mol. The zero-order valence-corrected chi connectivity index (χ0v) is 16.2. The third-order valence-electron chi connectivity index (χ3n) is 4.77. The minimum Gasteiger partial charge on any atom is -0.508 e. The van der Waals surface area contributed by atoms with Crippen LogP contribution in [0.5, 0.6) is 5.75 Å². The van der Waals surface area contributed by atoms with Crippen molar-refractivity contribution in [2.75, 3.05) is 10.6 Å². The first kappa shape index (κ1) is 18.6. The standard InChI is InChI=1S/C21H16Cl2N2O3/c22-17-10-18(23)20(16-9-13(26)5-7-15(16)17)25-21(28)24-12-4-6-14-11(8-12)2-1-3-19(14)27/h4-10,26H,1-3H2,(H2,24,25,28). The van der Waals surface area contributed by atoms with Gasteiger partial charge in [0.1, 0.15) is 5.75 Å². The molecule has 4 rings (SSSR count). The Labute approximate surface area is 171 Å². The Balaban J connectivity index is 1.61. The summed E-state index contributed by atoms with van der Waals surface area (Å²) in [5.74, 6) is 0.171. The number of hydrogen-bond acceptors (Lipinski definition) is 3. The van der Waals surface area contributed by atoms with Crippen molar-refractivity contribution < 1.29 is 14.7 Å². The summed E-state index contributed by atoms with van der Waals surface area (Å²) < 4.78 is 0. The largest absolute Gasteiger partial charge is 0.508 e. The summed E-state index contributed by atoms with van der Waals surface area (Å²) in [6.45, 7) is 0. The van der Waals surface area contributed by atoms with Gasteiger partial charge in [-0.05, 0) is 60.9 Å². The summed E-state index contributed by atoms with van der Waals surface area (Å²) >= 11 is 12.5. The van der Waals surface area contributed by atoms with Crippen LogP contribution in [-0.4, -0.2) is 16.9 Å². The number of fused-ring (bicyclic) bond motifs is 2. The normalized spacial score (nSPS) is 13.3. The van der Waals surface area contributed by atoms with E-state index in [4.69, 9.17) is 23.2 Å². The average Bonchev–Trinajstić information content (AvgIpc) is 2.65. The number of rotatable bonds is 2. The van der Waals surface area contributed by atoms with Gasteiger partial charge in [-0.3, -0.25) is 4.79 Å². The highest BCUT2D eigenvalue weighted by atomic mass is 35.5. The number of amides is 2. The van der Waals surface area contributed by atoms with E-state index in [1.807, 2.05) is 6.07 Å². The molecule has 1 aliphatic carbocycles. The van der Waals surface area contributed by atoms with Crippen molar-refractivity contribution >= 4 is 57.2 Å². The molecule has 3 N–H and O–H groups in total. The van der Waals surface area contributed by atoms with Crippen molar-refractivity contribution in [3.05, 3.63) is 63.6 Å². The van der Waals surface area contributed by atoms with Gasteiger partial charge < -0.3 is 15.7 Å². The van der Waals surface area contributed by atoms with E-state index in [0.717, 1.165) is 24.0 Å². The van der Waals surface area contributed by atoms with Crippen molar-refractivity contribution in [2.24, 2.45) is 0 Å². The van der Waals surface area contributed by atoms with Gasteiger partial charge in [-0.2, -0.15) is 0 Å². The van der Waals surface area contributed by atoms with Crippen LogP contribution in [0.1, 0.15) is 28.8 Å². The van der Waals surface area contributed by atoms with Crippen LogP contribution in [-0.2, 0) is 6.42 Å². The van der Waals surface area contributed by atoms with Crippen LogP contribution >= 0.6 is 23.2 Å². The molecular formula is C21H16Cl2N2O3. The molecule has 5 nitrogen and oxygen atoms in total. The molecular weight excluding hydrogens is 399 g/mol. The third-order valence-corrected chi connectivity index (χ3v) is 5.38. The van der Waals surface area contributed by atoms with Crippen LogP contribution < -0.4 is 10.6 Å². The van der Waals surface area contributed by atoms with Gasteiger partial charge >= 0.3 is 6.03 Å². The molecule has 0 radical (unpaired) electrons. The Kier molecular flexibility index (Phi) is 4.87. The van der Waals surface area contributed by atoms with E-state index in [2.05, 4.69) is 10.6 Å². The molecule has 28 heavy (non-hydrogen) atoms. The number of phenols is 1. The molecule has 0 aromatic heterocycles. The lowest BCUT2D eigenvalue weighted by molar-refractivity contribution is 0.0972. The van der Waals surface area contributed by atoms with Crippen molar-refractivity contribution in [2.45, 2.75) is 19.3 Å². The van der Waals surface area contributed by atoms with Crippen molar-refractivity contribution in [1.82, 2.24) is 0 Å². The van der Waals surface area contributed by atoms with E-state index in [-0.39, 0.29) is 16.6 Å². The number of ketones is 1. The quantitative estimate of drug-likeness (QED) is 0.479. The minimum atomic E-state index is -0.490. The zero-order chi connectivity index (χ0) is 19.8. The smallest absolute Gasteiger partial charge is 0.323 e. The van der Waals surface area contributed by atoms with Gasteiger partial charge in [-0.15, -0.1) is 0 Å². The van der Waals surface area contributed by atoms with Crippen LogP contribution in [0.2, 0.25) is 10.0 Å². The Morgan fingerprint density at radius 1 is 0.929 bits per heavy atom. The van der Waals surface area contributed by atoms with Crippen LogP contribution in [0.4, 0.5) is 16.2 Å². The fourth-order valence-electron chi connectivity index (χ4n) is 3.46. The molecule has 0 spiro atoms. The first-order valence-corrected chi connectivity index (χ1v) is 9.53. The predicted octanol–water partition coefficient (Wildman–Crippen LogP) is 6.02. The van der Waals surface area contributed by atoms with Crippen LogP contribution in [0.25, 0.3) is 10.8 Å². The highest BCUT2D eigenvalue weighted by Crippen LogP contribution is 2.38. The predicted molar refractivity (Wildman–Crippen MR) is 112 cm³/mol. The highest BCUT2D eigenvalue weighted by Gasteiger charge is 2.18. The Bertz CT molecular complexity index is 1130. The number of anilines is 2. The summed E-state index contributed by atoms with van der Waals surface area (Å²) in [6.07, 6.45) is 2.19. The Hall–Kier alpha value is -2.76. The van der Waals surface area contributed by atoms with E-state index in [1.165, 1.54) is 12.1 Å². The fraction of sp³-hybridized carbons (Fsp3) is 0.143. The summed E-state index contributed by atoms with van der Waals surface area (Å²) in [6, 6.07) is 11.0. The highest BCUT2D eigenvalue weighted by molar-refractivity contribution is 6.41. The Morgan fingerprint density at radius 3 is 2.57 bits per heavy atom. The van der Waals surface area contributed by atoms with E-state index in [9.17, 15) is 14.7 Å². The molecule has 0 bridgehead atoms. The SMILES string of the molecule is O=C(Nc1ccc2c(c1)CCCC2=O)Nc1c(Cl)cc(Cl)c2ccc(O)cc12. The van der Waals surface area contributed by atoms with Gasteiger partial charge in [0.15, 0.2) is 5.78 Å². The maximum atomic E-state index is 12.5. The van der Waals surface area contributed by atoms with Crippen LogP contribution in [0.3, 0.4) is 0 Å². The lowest BCUT2D eigenvalue weighted by atomic mass is 9.90. The first-order valence-electron chi connectivity index (χ1n) is 8.77. The van der Waals surface area contributed by atoms with E-state index in [0.29, 0.717) is 33.6 Å². The minimum absolute atomic E-state index is 0.0358. The second-order valence-corrected chi connectivity index (χ2v) is 7.49. The fourth-order valence-corrected chi connectivity index (χ4v) is 4.05. The number of Topliss-reactive ketones (excluding diaryl/α,β-unsaturated/α-hetero) is 1. The maximum absolute atomic E-state index is 12.5. The number of phenolic OH excluding ortho intramolecular Hbond substituents is 1. The van der Waals surface area contributed by atoms with Crippen LogP contribution in [0, 0.1) is 0 Å². The molecule has 0 heterocycles. The topological polar surface area (TPSA) is 78.4 Å². The molecule has 0 saturated heterocycles. The molecule has 2 amide bonds. The molecule has 0 fully saturated rings. The number of urea groups is 1. The molecule has 1 aliphatic rings. The number of aryl methyl sites for hydroxylation is 1. The summed E-state index contributed by atoms with van der Waals surface area (Å²) in [4.78, 5) is 24.5. The molecule has 7 heteroatoms. The van der Waals surface area contributed by atoms with Gasteiger partial charge in [0.2, 0.25) is 0 Å². The second kappa shape index (κ2) is 7.34. The number of benzene rings is 3. The molecule has 0 saturated carbocycles. The van der Waals surface area contributed by atoms with Crippen LogP contribution in [0.15, 0.2) is 42.5 Å². The number of nitrogens with one attached hydrogen (secondary N) is 2. The lowest BCUT2D eigenvalue weighted by Gasteiger charge is -2.17. The number of halogens is 2. The van der Waals surface area contributed by atoms with E-state index in [1.54, 1.807) is 24.3 Å². The van der Waals surface area contributed by atoms with Gasteiger partial charge in [0.05, 0.1) is 15.7 Å². The number of aromatic hydroxyl groups is 1. The first-order chi connectivity index (χ1) is 13.4. The van der Waals surface area contributed by atoms with Gasteiger partial charge in [-0.1, -0.05) is 23.2 Å². The van der Waals surface area contributed by atoms with Crippen molar-refractivity contribution in [3.8, 4) is 5.75 Å². The summed E-state index contributed by atoms with van der Waals surface area (Å²) in [5, 5.41) is 17.2. The number of carbonyl (C=O) groups is 2. The van der Waals surface area contributed by atoms with E-state index >= 15 is 0 Å². The Morgan fingerprint density at radius 2 is 1.75 bits per heavy atom. The number of carbonyl (C=O) groups excluding carboxylic acids is 2. The van der Waals surface area contributed by atoms with E-state index < -0.39 is 6.03 Å². The molecule has 0 unspecified atom stereocenters. The zero-order valence-electron chi connectivity index (χ0n) is 14.7. The van der Waals surface area contributed by atoms with Gasteiger partial charge in [0.25, 0.3) is 0 Å². The molecule has 0 aliphatic heterocycles. The average molecular weight is 415 g/mol. The van der Waals surface area contributed by atoms with Crippen molar-refractivity contribution in [1.29, 1.82) is 0 Å². The van der Waals surface area contributed by atoms with Crippen molar-refractivity contribution in [3.63, 3.8) is 0 Å². The summed E-state index contributed by atoms with van der Waals surface area (Å²) in [7, 11) is 0. The molecule has 3 aromatic carbocycles.